The quantitative estimate of drug-likeness (QED) is 0.892. The zero-order valence-corrected chi connectivity index (χ0v) is 13.8. The number of benzene rings is 1. The number of hydrogen-bond acceptors (Lipinski definition) is 3. The second-order valence-corrected chi connectivity index (χ2v) is 6.33. The van der Waals surface area contributed by atoms with Gasteiger partial charge in [0.05, 0.1) is 11.9 Å². The number of carbonyl (C=O) groups is 1. The Kier molecular flexibility index (Phi) is 4.73. The van der Waals surface area contributed by atoms with Crippen molar-refractivity contribution in [2.24, 2.45) is 0 Å². The number of hydrogen-bond donors (Lipinski definition) is 1. The van der Waals surface area contributed by atoms with Crippen LogP contribution in [0.3, 0.4) is 0 Å². The Morgan fingerprint density at radius 1 is 1.00 bits per heavy atom. The molecule has 1 saturated heterocycles. The SMILES string of the molecule is O=C(c1ccc(Nc2ccc(Br)cc2)cn1)N1CCCCC1. The van der Waals surface area contributed by atoms with Crippen LogP contribution in [-0.4, -0.2) is 28.9 Å². The van der Waals surface area contributed by atoms with Crippen molar-refractivity contribution in [3.63, 3.8) is 0 Å². The predicted octanol–water partition coefficient (Wildman–Crippen LogP) is 4.21. The minimum atomic E-state index is 0.0369. The van der Waals surface area contributed by atoms with E-state index in [1.165, 1.54) is 6.42 Å². The Morgan fingerprint density at radius 3 is 2.32 bits per heavy atom. The summed E-state index contributed by atoms with van der Waals surface area (Å²) in [4.78, 5) is 18.5. The summed E-state index contributed by atoms with van der Waals surface area (Å²) < 4.78 is 1.04. The first kappa shape index (κ1) is 15.0. The van der Waals surface area contributed by atoms with Crippen molar-refractivity contribution < 1.29 is 4.79 Å². The topological polar surface area (TPSA) is 45.2 Å². The fraction of sp³-hybridized carbons (Fsp3) is 0.294. The number of amides is 1. The number of nitrogens with zero attached hydrogens (tertiary/aromatic N) is 2. The van der Waals surface area contributed by atoms with Crippen LogP contribution in [0.25, 0.3) is 0 Å². The van der Waals surface area contributed by atoms with Gasteiger partial charge in [-0.3, -0.25) is 4.79 Å². The molecule has 4 nitrogen and oxygen atoms in total. The van der Waals surface area contributed by atoms with E-state index < -0.39 is 0 Å². The van der Waals surface area contributed by atoms with Crippen molar-refractivity contribution in [1.82, 2.24) is 9.88 Å². The minimum absolute atomic E-state index is 0.0369. The summed E-state index contributed by atoms with van der Waals surface area (Å²) in [5.41, 5.74) is 2.38. The average Bonchev–Trinajstić information content (AvgIpc) is 2.58. The van der Waals surface area contributed by atoms with E-state index in [9.17, 15) is 4.79 Å². The highest BCUT2D eigenvalue weighted by atomic mass is 79.9. The van der Waals surface area contributed by atoms with Gasteiger partial charge in [0.25, 0.3) is 5.91 Å². The fourth-order valence-electron chi connectivity index (χ4n) is 2.55. The molecule has 0 spiro atoms. The summed E-state index contributed by atoms with van der Waals surface area (Å²) in [6.45, 7) is 1.69. The van der Waals surface area contributed by atoms with Gasteiger partial charge in [0.2, 0.25) is 0 Å². The number of carbonyl (C=O) groups excluding carboxylic acids is 1. The Morgan fingerprint density at radius 2 is 1.68 bits per heavy atom. The van der Waals surface area contributed by atoms with E-state index in [1.54, 1.807) is 12.3 Å². The number of nitrogens with one attached hydrogen (secondary N) is 1. The van der Waals surface area contributed by atoms with Crippen LogP contribution in [-0.2, 0) is 0 Å². The molecule has 1 fully saturated rings. The summed E-state index contributed by atoms with van der Waals surface area (Å²) in [5, 5.41) is 3.27. The molecule has 0 unspecified atom stereocenters. The van der Waals surface area contributed by atoms with Gasteiger partial charge in [-0.05, 0) is 55.7 Å². The summed E-state index contributed by atoms with van der Waals surface area (Å²) in [5.74, 6) is 0.0369. The molecule has 3 rings (SSSR count). The van der Waals surface area contributed by atoms with Crippen LogP contribution >= 0.6 is 15.9 Å². The lowest BCUT2D eigenvalue weighted by Gasteiger charge is -2.26. The fourth-order valence-corrected chi connectivity index (χ4v) is 2.82. The molecular formula is C17H18BrN3O. The summed E-state index contributed by atoms with van der Waals surface area (Å²) in [6.07, 6.45) is 5.11. The van der Waals surface area contributed by atoms with Crippen LogP contribution in [0.2, 0.25) is 0 Å². The second kappa shape index (κ2) is 6.92. The molecule has 0 bridgehead atoms. The molecule has 1 aliphatic rings. The van der Waals surface area contributed by atoms with Crippen LogP contribution in [0, 0.1) is 0 Å². The third-order valence-corrected chi connectivity index (χ3v) is 4.29. The van der Waals surface area contributed by atoms with E-state index in [0.717, 1.165) is 41.8 Å². The van der Waals surface area contributed by atoms with Crippen molar-refractivity contribution in [2.75, 3.05) is 18.4 Å². The Labute approximate surface area is 138 Å². The van der Waals surface area contributed by atoms with Gasteiger partial charge >= 0.3 is 0 Å². The molecule has 114 valence electrons. The lowest BCUT2D eigenvalue weighted by Crippen LogP contribution is -2.36. The lowest BCUT2D eigenvalue weighted by atomic mass is 10.1. The largest absolute Gasteiger partial charge is 0.354 e. The van der Waals surface area contributed by atoms with Crippen LogP contribution in [0.5, 0.6) is 0 Å². The first-order chi connectivity index (χ1) is 10.7. The van der Waals surface area contributed by atoms with E-state index in [4.69, 9.17) is 0 Å². The molecule has 0 aliphatic carbocycles. The molecule has 0 saturated carbocycles. The van der Waals surface area contributed by atoms with Crippen molar-refractivity contribution in [1.29, 1.82) is 0 Å². The third-order valence-electron chi connectivity index (χ3n) is 3.76. The number of pyridine rings is 1. The van der Waals surface area contributed by atoms with Gasteiger partial charge in [0.1, 0.15) is 5.69 Å². The predicted molar refractivity (Wildman–Crippen MR) is 91.4 cm³/mol. The van der Waals surface area contributed by atoms with Crippen molar-refractivity contribution >= 4 is 33.2 Å². The first-order valence-corrected chi connectivity index (χ1v) is 8.29. The van der Waals surface area contributed by atoms with Gasteiger partial charge in [0, 0.05) is 23.2 Å². The number of anilines is 2. The minimum Gasteiger partial charge on any atom is -0.354 e. The highest BCUT2D eigenvalue weighted by molar-refractivity contribution is 9.10. The maximum atomic E-state index is 12.3. The molecule has 1 aliphatic heterocycles. The van der Waals surface area contributed by atoms with Crippen LogP contribution in [0.15, 0.2) is 47.1 Å². The van der Waals surface area contributed by atoms with Gasteiger partial charge in [-0.1, -0.05) is 15.9 Å². The first-order valence-electron chi connectivity index (χ1n) is 7.50. The molecule has 22 heavy (non-hydrogen) atoms. The molecule has 1 N–H and O–H groups in total. The van der Waals surface area contributed by atoms with E-state index in [2.05, 4.69) is 26.2 Å². The maximum Gasteiger partial charge on any atom is 0.272 e. The number of likely N-dealkylation sites (tertiary alicyclic amines) is 1. The average molecular weight is 360 g/mol. The van der Waals surface area contributed by atoms with E-state index in [-0.39, 0.29) is 5.91 Å². The van der Waals surface area contributed by atoms with Gasteiger partial charge in [-0.15, -0.1) is 0 Å². The number of aromatic nitrogens is 1. The van der Waals surface area contributed by atoms with Crippen LogP contribution < -0.4 is 5.32 Å². The van der Waals surface area contributed by atoms with Gasteiger partial charge in [0.15, 0.2) is 0 Å². The molecule has 2 heterocycles. The molecule has 1 amide bonds. The smallest absolute Gasteiger partial charge is 0.272 e. The number of halogens is 1. The standard InChI is InChI=1S/C17H18BrN3O/c18-13-4-6-14(7-5-13)20-15-8-9-16(19-12-15)17(22)21-10-2-1-3-11-21/h4-9,12,20H,1-3,10-11H2. The zero-order valence-electron chi connectivity index (χ0n) is 12.3. The summed E-state index contributed by atoms with van der Waals surface area (Å²) in [7, 11) is 0. The van der Waals surface area contributed by atoms with Crippen molar-refractivity contribution in [2.45, 2.75) is 19.3 Å². The monoisotopic (exact) mass is 359 g/mol. The molecule has 1 aromatic carbocycles. The highest BCUT2D eigenvalue weighted by Crippen LogP contribution is 2.19. The zero-order chi connectivity index (χ0) is 15.4. The lowest BCUT2D eigenvalue weighted by molar-refractivity contribution is 0.0718. The van der Waals surface area contributed by atoms with Crippen LogP contribution in [0.4, 0.5) is 11.4 Å². The van der Waals surface area contributed by atoms with Gasteiger partial charge < -0.3 is 10.2 Å². The maximum absolute atomic E-state index is 12.3. The van der Waals surface area contributed by atoms with Crippen LogP contribution in [0.1, 0.15) is 29.8 Å². The molecule has 0 radical (unpaired) electrons. The highest BCUT2D eigenvalue weighted by Gasteiger charge is 2.18. The van der Waals surface area contributed by atoms with Crippen molar-refractivity contribution in [3.8, 4) is 0 Å². The van der Waals surface area contributed by atoms with Gasteiger partial charge in [-0.2, -0.15) is 0 Å². The molecule has 0 atom stereocenters. The van der Waals surface area contributed by atoms with Crippen molar-refractivity contribution in [3.05, 3.63) is 52.8 Å². The Hall–Kier alpha value is -1.88. The Bertz CT molecular complexity index is 634. The molecule has 2 aromatic rings. The molecular weight excluding hydrogens is 342 g/mol. The van der Waals surface area contributed by atoms with E-state index in [0.29, 0.717) is 5.69 Å². The van der Waals surface area contributed by atoms with Gasteiger partial charge in [-0.25, -0.2) is 4.98 Å². The van der Waals surface area contributed by atoms with E-state index in [1.807, 2.05) is 35.2 Å². The summed E-state index contributed by atoms with van der Waals surface area (Å²) >= 11 is 3.41. The van der Waals surface area contributed by atoms with E-state index >= 15 is 0 Å². The number of piperidine rings is 1. The normalized spacial score (nSPS) is 14.7. The number of rotatable bonds is 3. The molecule has 1 aromatic heterocycles. The Balaban J connectivity index is 1.66. The molecule has 5 heteroatoms. The third kappa shape index (κ3) is 3.65. The summed E-state index contributed by atoms with van der Waals surface area (Å²) in [6, 6.07) is 11.6. The second-order valence-electron chi connectivity index (χ2n) is 5.42.